The van der Waals surface area contributed by atoms with E-state index in [1.165, 1.54) is 11.1 Å². The molecule has 1 aromatic rings. The fraction of sp³-hybridized carbons (Fsp3) is 0.643. The summed E-state index contributed by atoms with van der Waals surface area (Å²) >= 11 is 0. The predicted octanol–water partition coefficient (Wildman–Crippen LogP) is 3.26. The van der Waals surface area contributed by atoms with E-state index in [-0.39, 0.29) is 0 Å². The molecule has 96 valence electrons. The Kier molecular flexibility index (Phi) is 5.42. The monoisotopic (exact) mass is 235 g/mol. The van der Waals surface area contributed by atoms with Gasteiger partial charge in [-0.2, -0.15) is 5.10 Å². The minimum atomic E-state index is 0.427. The molecular weight excluding hydrogens is 210 g/mol. The molecule has 0 fully saturated rings. The van der Waals surface area contributed by atoms with Crippen molar-refractivity contribution in [3.8, 4) is 0 Å². The fourth-order valence-electron chi connectivity index (χ4n) is 1.56. The van der Waals surface area contributed by atoms with Gasteiger partial charge in [0.1, 0.15) is 0 Å². The van der Waals surface area contributed by atoms with Crippen molar-refractivity contribution in [2.45, 2.75) is 53.1 Å². The molecule has 0 unspecified atom stereocenters. The van der Waals surface area contributed by atoms with Crippen LogP contribution < -0.4 is 5.32 Å². The lowest BCUT2D eigenvalue weighted by Gasteiger charge is -2.09. The maximum Gasteiger partial charge on any atom is 0.0562 e. The minimum Gasteiger partial charge on any atom is -0.311 e. The molecule has 1 N–H and O–H groups in total. The van der Waals surface area contributed by atoms with Crippen LogP contribution in [0.5, 0.6) is 0 Å². The second-order valence-electron chi connectivity index (χ2n) is 5.04. The molecule has 1 heterocycles. The number of aromatic nitrogens is 2. The van der Waals surface area contributed by atoms with E-state index in [0.717, 1.165) is 13.0 Å². The summed E-state index contributed by atoms with van der Waals surface area (Å²) in [7, 11) is 0. The van der Waals surface area contributed by atoms with E-state index in [4.69, 9.17) is 0 Å². The summed E-state index contributed by atoms with van der Waals surface area (Å²) in [5.41, 5.74) is 2.61. The Morgan fingerprint density at radius 2 is 2.12 bits per heavy atom. The highest BCUT2D eigenvalue weighted by molar-refractivity contribution is 5.51. The number of hydrogen-bond donors (Lipinski definition) is 1. The molecule has 17 heavy (non-hydrogen) atoms. The summed E-state index contributed by atoms with van der Waals surface area (Å²) < 4.78 is 2.00. The smallest absolute Gasteiger partial charge is 0.0562 e. The van der Waals surface area contributed by atoms with E-state index >= 15 is 0 Å². The Hall–Kier alpha value is -1.09. The number of rotatable bonds is 6. The van der Waals surface area contributed by atoms with Crippen molar-refractivity contribution in [3.05, 3.63) is 23.5 Å². The average molecular weight is 235 g/mol. The first-order chi connectivity index (χ1) is 8.02. The Balaban J connectivity index is 2.69. The van der Waals surface area contributed by atoms with Gasteiger partial charge in [-0.1, -0.05) is 32.4 Å². The number of nitrogens with zero attached hydrogens (tertiary/aromatic N) is 2. The van der Waals surface area contributed by atoms with Gasteiger partial charge >= 0.3 is 0 Å². The zero-order chi connectivity index (χ0) is 12.8. The van der Waals surface area contributed by atoms with Crippen LogP contribution in [0.3, 0.4) is 0 Å². The van der Waals surface area contributed by atoms with E-state index in [9.17, 15) is 0 Å². The first-order valence-corrected chi connectivity index (χ1v) is 6.50. The van der Waals surface area contributed by atoms with Crippen molar-refractivity contribution in [1.29, 1.82) is 0 Å². The van der Waals surface area contributed by atoms with Crippen LogP contribution in [0, 0.1) is 0 Å². The van der Waals surface area contributed by atoms with Gasteiger partial charge in [0.15, 0.2) is 0 Å². The van der Waals surface area contributed by atoms with Crippen LogP contribution in [0.4, 0.5) is 0 Å². The van der Waals surface area contributed by atoms with E-state index in [1.807, 2.05) is 10.9 Å². The van der Waals surface area contributed by atoms with Gasteiger partial charge in [-0.15, -0.1) is 0 Å². The Morgan fingerprint density at radius 3 is 2.59 bits per heavy atom. The van der Waals surface area contributed by atoms with Gasteiger partial charge in [0.2, 0.25) is 0 Å². The molecule has 0 amide bonds. The third kappa shape index (κ3) is 4.73. The zero-order valence-corrected chi connectivity index (χ0v) is 11.7. The zero-order valence-electron chi connectivity index (χ0n) is 11.7. The van der Waals surface area contributed by atoms with E-state index in [0.29, 0.717) is 12.1 Å². The number of nitrogens with one attached hydrogen (secondary N) is 1. The van der Waals surface area contributed by atoms with E-state index in [2.05, 4.69) is 57.3 Å². The van der Waals surface area contributed by atoms with Gasteiger partial charge in [-0.25, -0.2) is 0 Å². The van der Waals surface area contributed by atoms with Crippen molar-refractivity contribution in [2.24, 2.45) is 0 Å². The average Bonchev–Trinajstić information content (AvgIpc) is 2.72. The lowest BCUT2D eigenvalue weighted by molar-refractivity contribution is 0.532. The molecule has 3 heteroatoms. The predicted molar refractivity (Wildman–Crippen MR) is 74.0 cm³/mol. The van der Waals surface area contributed by atoms with Gasteiger partial charge in [0, 0.05) is 30.4 Å². The molecule has 0 saturated carbocycles. The van der Waals surface area contributed by atoms with Crippen LogP contribution in [0.15, 0.2) is 18.0 Å². The summed E-state index contributed by atoms with van der Waals surface area (Å²) in [4.78, 5) is 0. The molecule has 3 nitrogen and oxygen atoms in total. The van der Waals surface area contributed by atoms with Gasteiger partial charge in [0.25, 0.3) is 0 Å². The molecular formula is C14H25N3. The molecule has 0 bridgehead atoms. The van der Waals surface area contributed by atoms with Crippen LogP contribution >= 0.6 is 0 Å². The van der Waals surface area contributed by atoms with Crippen molar-refractivity contribution in [1.82, 2.24) is 15.1 Å². The number of hydrogen-bond acceptors (Lipinski definition) is 2. The summed E-state index contributed by atoms with van der Waals surface area (Å²) in [5, 5.41) is 7.80. The molecule has 1 rings (SSSR count). The maximum atomic E-state index is 4.35. The van der Waals surface area contributed by atoms with Gasteiger partial charge in [0.05, 0.1) is 6.20 Å². The highest BCUT2D eigenvalue weighted by Gasteiger charge is 2.01. The van der Waals surface area contributed by atoms with Gasteiger partial charge < -0.3 is 5.32 Å². The van der Waals surface area contributed by atoms with Crippen LogP contribution in [0.2, 0.25) is 0 Å². The molecule has 0 spiro atoms. The summed E-state index contributed by atoms with van der Waals surface area (Å²) in [6, 6.07) is 0.958. The Morgan fingerprint density at radius 1 is 1.41 bits per heavy atom. The quantitative estimate of drug-likeness (QED) is 0.820. The molecule has 0 aromatic carbocycles. The van der Waals surface area contributed by atoms with Crippen molar-refractivity contribution >= 4 is 6.08 Å². The third-order valence-corrected chi connectivity index (χ3v) is 2.71. The molecule has 0 atom stereocenters. The van der Waals surface area contributed by atoms with Crippen LogP contribution in [-0.2, 0) is 0 Å². The lowest BCUT2D eigenvalue weighted by atomic mass is 10.1. The lowest BCUT2D eigenvalue weighted by Crippen LogP contribution is -2.24. The Bertz CT molecular complexity index is 361. The molecule has 0 saturated heterocycles. The van der Waals surface area contributed by atoms with Gasteiger partial charge in [-0.05, 0) is 20.3 Å². The summed E-state index contributed by atoms with van der Waals surface area (Å²) in [6.45, 7) is 11.8. The molecule has 1 aromatic heterocycles. The molecule has 0 radical (unpaired) electrons. The van der Waals surface area contributed by atoms with Crippen LogP contribution in [0.25, 0.3) is 6.08 Å². The normalized spacial score (nSPS) is 12.8. The third-order valence-electron chi connectivity index (χ3n) is 2.71. The van der Waals surface area contributed by atoms with Gasteiger partial charge in [-0.3, -0.25) is 4.68 Å². The van der Waals surface area contributed by atoms with Crippen molar-refractivity contribution < 1.29 is 0 Å². The first-order valence-electron chi connectivity index (χ1n) is 6.50. The SMILES string of the molecule is CCC(=Cc1cnn(C(C)C)c1)CNC(C)C. The van der Waals surface area contributed by atoms with Crippen molar-refractivity contribution in [3.63, 3.8) is 0 Å². The largest absolute Gasteiger partial charge is 0.311 e. The standard InChI is InChI=1S/C14H25N3/c1-6-13(8-15-11(2)3)7-14-9-16-17(10-14)12(4)5/h7,9-12,15H,6,8H2,1-5H3. The summed E-state index contributed by atoms with van der Waals surface area (Å²) in [6.07, 6.45) is 7.36. The second kappa shape index (κ2) is 6.60. The molecule has 0 aliphatic carbocycles. The second-order valence-corrected chi connectivity index (χ2v) is 5.04. The van der Waals surface area contributed by atoms with E-state index < -0.39 is 0 Å². The molecule has 0 aliphatic rings. The fourth-order valence-corrected chi connectivity index (χ4v) is 1.56. The summed E-state index contributed by atoms with van der Waals surface area (Å²) in [5.74, 6) is 0. The Labute approximate surface area is 105 Å². The van der Waals surface area contributed by atoms with E-state index in [1.54, 1.807) is 0 Å². The highest BCUT2D eigenvalue weighted by Crippen LogP contribution is 2.11. The first kappa shape index (κ1) is 14.0. The van der Waals surface area contributed by atoms with Crippen molar-refractivity contribution in [2.75, 3.05) is 6.54 Å². The maximum absolute atomic E-state index is 4.35. The highest BCUT2D eigenvalue weighted by atomic mass is 15.3. The van der Waals surface area contributed by atoms with Crippen LogP contribution in [-0.4, -0.2) is 22.4 Å². The minimum absolute atomic E-state index is 0.427. The van der Waals surface area contributed by atoms with Crippen LogP contribution in [0.1, 0.15) is 52.6 Å². The molecule has 0 aliphatic heterocycles. The topological polar surface area (TPSA) is 29.9 Å².